The average Bonchev–Trinajstić information content (AvgIpc) is 3.44. The maximum absolute atomic E-state index is 13.2. The molecule has 6 atom stereocenters. The van der Waals surface area contributed by atoms with Crippen molar-refractivity contribution in [2.75, 3.05) is 18.7 Å². The number of aromatic carboxylic acids is 1. The van der Waals surface area contributed by atoms with Gasteiger partial charge in [-0.25, -0.2) is 9.59 Å². The van der Waals surface area contributed by atoms with Crippen LogP contribution in [-0.4, -0.2) is 82.3 Å². The Morgan fingerprint density at radius 3 is 2.56 bits per heavy atom. The van der Waals surface area contributed by atoms with Crippen LogP contribution in [0.25, 0.3) is 0 Å². The number of anilines is 1. The molecule has 3 aliphatic rings. The number of nitrogens with zero attached hydrogens (tertiary/aromatic N) is 1. The third-order valence-corrected chi connectivity index (χ3v) is 8.64. The van der Waals surface area contributed by atoms with E-state index in [0.717, 1.165) is 0 Å². The fourth-order valence-corrected chi connectivity index (χ4v) is 6.75. The van der Waals surface area contributed by atoms with Crippen LogP contribution in [0.1, 0.15) is 51.4 Å². The Hall–Kier alpha value is -2.62. The molecule has 228 valence electrons. The smallest absolute Gasteiger partial charge is 0.545 e. The second-order valence-electron chi connectivity index (χ2n) is 11.4. The van der Waals surface area contributed by atoms with Crippen LogP contribution in [0.15, 0.2) is 34.9 Å². The van der Waals surface area contributed by atoms with E-state index in [4.69, 9.17) is 14.2 Å². The zero-order valence-electron chi connectivity index (χ0n) is 24.9. The minimum absolute atomic E-state index is 0. The summed E-state index contributed by atoms with van der Waals surface area (Å²) in [5.41, 5.74) is -0.518. The van der Waals surface area contributed by atoms with E-state index in [2.05, 4.69) is 10.6 Å². The number of ether oxygens (including phenoxy) is 3. The molecule has 0 bridgehead atoms. The normalized spacial score (nSPS) is 25.2. The fraction of sp³-hybridized carbons (Fsp3) is 0.536. The van der Waals surface area contributed by atoms with Crippen molar-refractivity contribution in [1.29, 1.82) is 0 Å². The number of hydrogen-bond donors (Lipinski definition) is 3. The summed E-state index contributed by atoms with van der Waals surface area (Å²) in [6.45, 7) is 8.05. The molecule has 3 N–H and O–H groups in total. The Balaban J connectivity index is 0.00000506. The van der Waals surface area contributed by atoms with E-state index in [1.165, 1.54) is 41.8 Å². The van der Waals surface area contributed by atoms with Crippen molar-refractivity contribution in [3.63, 3.8) is 0 Å². The van der Waals surface area contributed by atoms with Crippen LogP contribution < -0.4 is 45.3 Å². The molecule has 0 aliphatic carbocycles. The van der Waals surface area contributed by atoms with Crippen LogP contribution in [0.5, 0.6) is 0 Å². The maximum Gasteiger partial charge on any atom is 1.00 e. The van der Waals surface area contributed by atoms with Crippen molar-refractivity contribution < 1.29 is 78.0 Å². The zero-order chi connectivity index (χ0) is 30.9. The first-order chi connectivity index (χ1) is 19.7. The summed E-state index contributed by atoms with van der Waals surface area (Å²) < 4.78 is 15.1. The SMILES string of the molecule is C[C@@H](O)[C@H]1C(=O)N2C(C(=O)OCOC(=O)OC(C)(C)C)=C(S[C@@H]3CN[C@H](C(=O)Nc4cccc(C(=O)[O-])c4)C3)[C@H](C)[C@H]12.[Na+]. The minimum atomic E-state index is -1.35. The number of aliphatic hydroxyl groups is 1. The van der Waals surface area contributed by atoms with E-state index in [0.29, 0.717) is 23.6 Å². The largest absolute Gasteiger partial charge is 1.00 e. The third-order valence-electron chi connectivity index (χ3n) is 7.12. The van der Waals surface area contributed by atoms with E-state index in [9.17, 15) is 34.2 Å². The summed E-state index contributed by atoms with van der Waals surface area (Å²) in [7, 11) is 0. The van der Waals surface area contributed by atoms with Crippen molar-refractivity contribution in [2.45, 2.75) is 70.1 Å². The molecule has 13 nitrogen and oxygen atoms in total. The number of fused-ring (bicyclic) bond motifs is 1. The van der Waals surface area contributed by atoms with Crippen LogP contribution >= 0.6 is 11.8 Å². The molecule has 2 amide bonds. The van der Waals surface area contributed by atoms with Crippen LogP contribution in [0, 0.1) is 11.8 Å². The number of β-lactam (4-membered cyclic amide) rings is 1. The molecular formula is C28H34N3NaO10S. The van der Waals surface area contributed by atoms with E-state index in [1.807, 2.05) is 6.92 Å². The number of hydrogen-bond acceptors (Lipinski definition) is 12. The van der Waals surface area contributed by atoms with Crippen LogP contribution in [-0.2, 0) is 28.6 Å². The van der Waals surface area contributed by atoms with Gasteiger partial charge in [-0.2, -0.15) is 0 Å². The Kier molecular flexibility index (Phi) is 11.3. The first-order valence-electron chi connectivity index (χ1n) is 13.5. The maximum atomic E-state index is 13.2. The number of thioether (sulfide) groups is 1. The number of carbonyl (C=O) groups is 5. The van der Waals surface area contributed by atoms with Crippen molar-refractivity contribution in [3.8, 4) is 0 Å². The predicted molar refractivity (Wildman–Crippen MR) is 147 cm³/mol. The summed E-state index contributed by atoms with van der Waals surface area (Å²) in [5.74, 6) is -3.96. The molecule has 2 saturated heterocycles. The Bertz CT molecular complexity index is 1310. The van der Waals surface area contributed by atoms with Crippen LogP contribution in [0.2, 0.25) is 0 Å². The summed E-state index contributed by atoms with van der Waals surface area (Å²) in [6.07, 6.45) is -1.55. The number of amides is 2. The van der Waals surface area contributed by atoms with Gasteiger partial charge in [-0.1, -0.05) is 19.1 Å². The van der Waals surface area contributed by atoms with Gasteiger partial charge < -0.3 is 44.8 Å². The molecule has 0 spiro atoms. The fourth-order valence-electron chi connectivity index (χ4n) is 5.27. The summed E-state index contributed by atoms with van der Waals surface area (Å²) >= 11 is 1.35. The van der Waals surface area contributed by atoms with Crippen LogP contribution in [0.3, 0.4) is 0 Å². The standard InChI is InChI=1S/C28H35N3O10S.Na/c1-13-20-19(14(2)32)24(34)31(20)21(26(37)39-12-40-27(38)41-28(3,4)5)22(13)42-17-10-18(29-11-17)23(33)30-16-8-6-7-15(9-16)25(35)36;/h6-9,13-14,17-20,29,32H,10-12H2,1-5H3,(H,30,33)(H,35,36);/q;+1/p-1/t13-,14-,17+,18+,19-,20-;/m1./s1. The Labute approximate surface area is 275 Å². The van der Waals surface area contributed by atoms with Crippen LogP contribution in [0.4, 0.5) is 10.5 Å². The molecule has 0 saturated carbocycles. The second kappa shape index (κ2) is 14.0. The monoisotopic (exact) mass is 627 g/mol. The molecule has 43 heavy (non-hydrogen) atoms. The Morgan fingerprint density at radius 1 is 1.23 bits per heavy atom. The van der Waals surface area contributed by atoms with Crippen molar-refractivity contribution in [1.82, 2.24) is 10.2 Å². The molecule has 15 heteroatoms. The van der Waals surface area contributed by atoms with Gasteiger partial charge in [0, 0.05) is 28.3 Å². The number of carboxylic acids is 1. The average molecular weight is 628 g/mol. The second-order valence-corrected chi connectivity index (χ2v) is 12.8. The summed E-state index contributed by atoms with van der Waals surface area (Å²) in [6, 6.07) is 4.71. The number of carboxylic acid groups (broad SMARTS) is 1. The van der Waals surface area contributed by atoms with Gasteiger partial charge in [0.25, 0.3) is 0 Å². The first kappa shape index (κ1) is 34.9. The number of aliphatic hydroxyl groups excluding tert-OH is 1. The summed E-state index contributed by atoms with van der Waals surface area (Å²) in [4.78, 5) is 63.9. The third kappa shape index (κ3) is 7.91. The van der Waals surface area contributed by atoms with E-state index < -0.39 is 60.5 Å². The molecule has 0 aromatic heterocycles. The quantitative estimate of drug-likeness (QED) is 0.118. The van der Waals surface area contributed by atoms with E-state index in [1.54, 1.807) is 26.8 Å². The molecule has 1 aromatic carbocycles. The van der Waals surface area contributed by atoms with Gasteiger partial charge in [-0.3, -0.25) is 9.59 Å². The van der Waals surface area contributed by atoms with Gasteiger partial charge in [0.15, 0.2) is 0 Å². The molecular weight excluding hydrogens is 593 g/mol. The Morgan fingerprint density at radius 2 is 1.93 bits per heavy atom. The number of nitrogens with one attached hydrogen (secondary N) is 2. The first-order valence-corrected chi connectivity index (χ1v) is 14.4. The van der Waals surface area contributed by atoms with Crippen molar-refractivity contribution >= 4 is 47.4 Å². The minimum Gasteiger partial charge on any atom is -0.545 e. The van der Waals surface area contributed by atoms with Gasteiger partial charge in [-0.15, -0.1) is 11.8 Å². The molecule has 3 aliphatic heterocycles. The number of rotatable bonds is 9. The van der Waals surface area contributed by atoms with Gasteiger partial charge in [0.1, 0.15) is 11.3 Å². The predicted octanol–water partition coefficient (Wildman–Crippen LogP) is -2.02. The molecule has 0 radical (unpaired) electrons. The number of benzene rings is 1. The number of esters is 1. The van der Waals surface area contributed by atoms with Crippen molar-refractivity contribution in [3.05, 3.63) is 40.4 Å². The molecule has 1 aromatic rings. The molecule has 3 heterocycles. The van der Waals surface area contributed by atoms with Gasteiger partial charge in [-0.05, 0) is 51.8 Å². The van der Waals surface area contributed by atoms with Gasteiger partial charge >= 0.3 is 41.7 Å². The number of carbonyl (C=O) groups excluding carboxylic acids is 5. The molecule has 0 unspecified atom stereocenters. The topological polar surface area (TPSA) is 184 Å². The van der Waals surface area contributed by atoms with Crippen molar-refractivity contribution in [2.24, 2.45) is 11.8 Å². The van der Waals surface area contributed by atoms with E-state index in [-0.39, 0.29) is 57.9 Å². The van der Waals surface area contributed by atoms with Gasteiger partial charge in [0.05, 0.1) is 30.1 Å². The molecule has 4 rings (SSSR count). The summed E-state index contributed by atoms with van der Waals surface area (Å²) in [5, 5.41) is 27.0. The van der Waals surface area contributed by atoms with E-state index >= 15 is 0 Å². The van der Waals surface area contributed by atoms with Gasteiger partial charge in [0.2, 0.25) is 18.6 Å². The molecule has 2 fully saturated rings. The zero-order valence-corrected chi connectivity index (χ0v) is 27.7.